The number of benzene rings is 1. The van der Waals surface area contributed by atoms with E-state index in [4.69, 9.17) is 16.3 Å². The quantitative estimate of drug-likeness (QED) is 0.862. The Morgan fingerprint density at radius 2 is 2.28 bits per heavy atom. The Kier molecular flexibility index (Phi) is 5.01. The predicted molar refractivity (Wildman–Crippen MR) is 72.8 cm³/mol. The molecule has 1 fully saturated rings. The molecule has 2 rings (SSSR count). The summed E-state index contributed by atoms with van der Waals surface area (Å²) in [4.78, 5) is 0. The molecule has 4 heteroatoms. The van der Waals surface area contributed by atoms with Crippen molar-refractivity contribution in [1.82, 2.24) is 5.32 Å². The minimum atomic E-state index is -0.566. The zero-order chi connectivity index (χ0) is 13.0. The van der Waals surface area contributed by atoms with Gasteiger partial charge in [-0.3, -0.25) is 0 Å². The van der Waals surface area contributed by atoms with E-state index in [2.05, 4.69) is 12.2 Å². The molecule has 0 radical (unpaired) electrons. The molecule has 0 spiro atoms. The first-order valence-corrected chi connectivity index (χ1v) is 6.80. The molecular weight excluding hydrogens is 250 g/mol. The molecule has 0 aromatic heterocycles. The fourth-order valence-corrected chi connectivity index (χ4v) is 2.53. The summed E-state index contributed by atoms with van der Waals surface area (Å²) in [5, 5.41) is 14.1. The maximum atomic E-state index is 10.1. The van der Waals surface area contributed by atoms with Gasteiger partial charge in [0.1, 0.15) is 0 Å². The van der Waals surface area contributed by atoms with Gasteiger partial charge >= 0.3 is 0 Å². The van der Waals surface area contributed by atoms with Gasteiger partial charge in [-0.2, -0.15) is 0 Å². The van der Waals surface area contributed by atoms with E-state index in [0.717, 1.165) is 25.2 Å². The molecule has 1 aliphatic rings. The Balaban J connectivity index is 1.84. The number of aliphatic hydroxyl groups is 1. The maximum Gasteiger partial charge on any atom is 0.0928 e. The zero-order valence-corrected chi connectivity index (χ0v) is 11.4. The Hall–Kier alpha value is -0.610. The monoisotopic (exact) mass is 269 g/mol. The van der Waals surface area contributed by atoms with Gasteiger partial charge in [-0.25, -0.2) is 0 Å². The number of rotatable bonds is 5. The molecule has 1 aliphatic heterocycles. The lowest BCUT2D eigenvalue weighted by atomic mass is 10.0. The smallest absolute Gasteiger partial charge is 0.0928 e. The summed E-state index contributed by atoms with van der Waals surface area (Å²) >= 11 is 6.05. The highest BCUT2D eigenvalue weighted by Crippen LogP contribution is 2.22. The van der Waals surface area contributed by atoms with E-state index in [-0.39, 0.29) is 0 Å². The number of aliphatic hydroxyl groups excluding tert-OH is 1. The zero-order valence-electron chi connectivity index (χ0n) is 10.6. The Bertz CT molecular complexity index is 380. The van der Waals surface area contributed by atoms with Gasteiger partial charge in [-0.15, -0.1) is 0 Å². The Morgan fingerprint density at radius 3 is 2.94 bits per heavy atom. The van der Waals surface area contributed by atoms with Gasteiger partial charge in [0.15, 0.2) is 0 Å². The van der Waals surface area contributed by atoms with E-state index in [1.165, 1.54) is 0 Å². The first kappa shape index (κ1) is 13.8. The van der Waals surface area contributed by atoms with Crippen LogP contribution in [-0.2, 0) is 4.74 Å². The third-order valence-electron chi connectivity index (χ3n) is 3.57. The van der Waals surface area contributed by atoms with Gasteiger partial charge in [0, 0.05) is 29.8 Å². The number of hydrogen-bond acceptors (Lipinski definition) is 3. The van der Waals surface area contributed by atoms with E-state index in [0.29, 0.717) is 23.5 Å². The topological polar surface area (TPSA) is 41.5 Å². The third-order valence-corrected chi connectivity index (χ3v) is 3.91. The van der Waals surface area contributed by atoms with E-state index in [1.807, 2.05) is 18.2 Å². The van der Waals surface area contributed by atoms with Crippen LogP contribution in [-0.4, -0.2) is 30.9 Å². The normalized spacial score (nSPS) is 22.9. The van der Waals surface area contributed by atoms with Gasteiger partial charge in [0.05, 0.1) is 12.7 Å². The van der Waals surface area contributed by atoms with Crippen molar-refractivity contribution in [3.63, 3.8) is 0 Å². The van der Waals surface area contributed by atoms with Crippen LogP contribution in [0.5, 0.6) is 0 Å². The molecule has 100 valence electrons. The summed E-state index contributed by atoms with van der Waals surface area (Å²) < 4.78 is 5.37. The summed E-state index contributed by atoms with van der Waals surface area (Å²) in [6, 6.07) is 7.76. The number of hydrogen-bond donors (Lipinski definition) is 2. The predicted octanol–water partition coefficient (Wildman–Crippen LogP) is 2.39. The first-order chi connectivity index (χ1) is 8.68. The van der Waals surface area contributed by atoms with Crippen LogP contribution in [0.4, 0.5) is 0 Å². The Morgan fingerprint density at radius 1 is 1.50 bits per heavy atom. The molecule has 1 aromatic rings. The summed E-state index contributed by atoms with van der Waals surface area (Å²) in [5.41, 5.74) is 0.779. The van der Waals surface area contributed by atoms with Gasteiger partial charge in [-0.1, -0.05) is 29.8 Å². The molecule has 3 unspecified atom stereocenters. The number of ether oxygens (including phenoxy) is 1. The third kappa shape index (κ3) is 3.45. The molecule has 0 amide bonds. The minimum Gasteiger partial charge on any atom is -0.387 e. The summed E-state index contributed by atoms with van der Waals surface area (Å²) in [6.45, 7) is 4.32. The van der Waals surface area contributed by atoms with Crippen molar-refractivity contribution in [3.05, 3.63) is 34.9 Å². The van der Waals surface area contributed by atoms with Crippen molar-refractivity contribution in [2.24, 2.45) is 5.92 Å². The van der Waals surface area contributed by atoms with Gasteiger partial charge < -0.3 is 15.2 Å². The van der Waals surface area contributed by atoms with Crippen molar-refractivity contribution >= 4 is 11.6 Å². The number of halogens is 1. The largest absolute Gasteiger partial charge is 0.387 e. The standard InChI is InChI=1S/C14H20ClNO2/c1-10(11-6-7-18-9-11)16-8-14(17)12-4-2-3-5-13(12)15/h2-5,10-11,14,16-17H,6-9H2,1H3. The molecule has 2 N–H and O–H groups in total. The van der Waals surface area contributed by atoms with Crippen LogP contribution in [0, 0.1) is 5.92 Å². The fraction of sp³-hybridized carbons (Fsp3) is 0.571. The number of nitrogens with one attached hydrogen (secondary N) is 1. The molecular formula is C14H20ClNO2. The van der Waals surface area contributed by atoms with Crippen molar-refractivity contribution < 1.29 is 9.84 Å². The SMILES string of the molecule is CC(NCC(O)c1ccccc1Cl)C1CCOC1. The van der Waals surface area contributed by atoms with Crippen LogP contribution in [0.15, 0.2) is 24.3 Å². The van der Waals surface area contributed by atoms with Crippen LogP contribution in [0.25, 0.3) is 0 Å². The van der Waals surface area contributed by atoms with Gasteiger partial charge in [-0.05, 0) is 25.3 Å². The molecule has 1 aromatic carbocycles. The van der Waals surface area contributed by atoms with Crippen molar-refractivity contribution in [1.29, 1.82) is 0 Å². The fourth-order valence-electron chi connectivity index (χ4n) is 2.27. The molecule has 3 atom stereocenters. The second-order valence-electron chi connectivity index (χ2n) is 4.86. The highest BCUT2D eigenvalue weighted by molar-refractivity contribution is 6.31. The van der Waals surface area contributed by atoms with Crippen molar-refractivity contribution in [2.75, 3.05) is 19.8 Å². The van der Waals surface area contributed by atoms with E-state index < -0.39 is 6.10 Å². The lowest BCUT2D eigenvalue weighted by Gasteiger charge is -2.21. The van der Waals surface area contributed by atoms with Crippen molar-refractivity contribution in [3.8, 4) is 0 Å². The maximum absolute atomic E-state index is 10.1. The second-order valence-corrected chi connectivity index (χ2v) is 5.27. The van der Waals surface area contributed by atoms with Crippen LogP contribution >= 0.6 is 11.6 Å². The van der Waals surface area contributed by atoms with Crippen molar-refractivity contribution in [2.45, 2.75) is 25.5 Å². The van der Waals surface area contributed by atoms with E-state index in [9.17, 15) is 5.11 Å². The first-order valence-electron chi connectivity index (χ1n) is 6.42. The molecule has 18 heavy (non-hydrogen) atoms. The van der Waals surface area contributed by atoms with E-state index >= 15 is 0 Å². The second kappa shape index (κ2) is 6.53. The summed E-state index contributed by atoms with van der Waals surface area (Å²) in [5.74, 6) is 0.545. The highest BCUT2D eigenvalue weighted by atomic mass is 35.5. The van der Waals surface area contributed by atoms with Crippen LogP contribution in [0.1, 0.15) is 25.0 Å². The molecule has 0 saturated carbocycles. The van der Waals surface area contributed by atoms with E-state index in [1.54, 1.807) is 6.07 Å². The molecule has 0 aliphatic carbocycles. The van der Waals surface area contributed by atoms with Gasteiger partial charge in [0.2, 0.25) is 0 Å². The molecule has 1 heterocycles. The van der Waals surface area contributed by atoms with Crippen LogP contribution in [0.2, 0.25) is 5.02 Å². The lowest BCUT2D eigenvalue weighted by Crippen LogP contribution is -2.36. The summed E-state index contributed by atoms with van der Waals surface area (Å²) in [6.07, 6.45) is 0.527. The Labute approximate surface area is 113 Å². The van der Waals surface area contributed by atoms with Gasteiger partial charge in [0.25, 0.3) is 0 Å². The molecule has 0 bridgehead atoms. The average Bonchev–Trinajstić information content (AvgIpc) is 2.90. The minimum absolute atomic E-state index is 0.352. The van der Waals surface area contributed by atoms with Crippen LogP contribution < -0.4 is 5.32 Å². The van der Waals surface area contributed by atoms with Crippen LogP contribution in [0.3, 0.4) is 0 Å². The molecule has 3 nitrogen and oxygen atoms in total. The molecule has 1 saturated heterocycles. The highest BCUT2D eigenvalue weighted by Gasteiger charge is 2.22. The summed E-state index contributed by atoms with van der Waals surface area (Å²) in [7, 11) is 0. The lowest BCUT2D eigenvalue weighted by molar-refractivity contribution is 0.156. The average molecular weight is 270 g/mol.